The molecule has 0 unspecified atom stereocenters. The van der Waals surface area contributed by atoms with Crippen LogP contribution in [0.2, 0.25) is 0 Å². The monoisotopic (exact) mass is 304 g/mol. The van der Waals surface area contributed by atoms with E-state index in [9.17, 15) is 9.59 Å². The summed E-state index contributed by atoms with van der Waals surface area (Å²) in [5, 5.41) is 4.75. The number of nitrogens with zero attached hydrogens (tertiary/aromatic N) is 1. The first-order valence-corrected chi connectivity index (χ1v) is 7.92. The number of aryl methyl sites for hydroxylation is 1. The van der Waals surface area contributed by atoms with Crippen LogP contribution >= 0.6 is 11.3 Å². The molecule has 4 nitrogen and oxygen atoms in total. The summed E-state index contributed by atoms with van der Waals surface area (Å²) in [5.74, 6) is 0.260. The van der Waals surface area contributed by atoms with Crippen molar-refractivity contribution in [3.05, 3.63) is 56.6 Å². The summed E-state index contributed by atoms with van der Waals surface area (Å²) in [4.78, 5) is 23.4. The normalized spacial score (nSPS) is 12.1. The topological polar surface area (TPSA) is 51.1 Å². The molecule has 0 aliphatic carbocycles. The van der Waals surface area contributed by atoms with E-state index >= 15 is 0 Å². The molecule has 0 aliphatic heterocycles. The summed E-state index contributed by atoms with van der Waals surface area (Å²) < 4.78 is 1.64. The van der Waals surface area contributed by atoms with Crippen LogP contribution < -0.4 is 10.2 Å². The zero-order valence-electron chi connectivity index (χ0n) is 12.3. The quantitative estimate of drug-likeness (QED) is 0.891. The Morgan fingerprint density at radius 3 is 2.67 bits per heavy atom. The van der Waals surface area contributed by atoms with Gasteiger partial charge in [-0.3, -0.25) is 9.59 Å². The molecule has 1 atom stereocenters. The third-order valence-electron chi connectivity index (χ3n) is 3.51. The highest BCUT2D eigenvalue weighted by atomic mass is 32.1. The molecule has 0 spiro atoms. The van der Waals surface area contributed by atoms with E-state index in [2.05, 4.69) is 24.4 Å². The van der Waals surface area contributed by atoms with Gasteiger partial charge in [0.05, 0.1) is 0 Å². The van der Waals surface area contributed by atoms with Gasteiger partial charge < -0.3 is 9.88 Å². The van der Waals surface area contributed by atoms with E-state index in [0.29, 0.717) is 19.5 Å². The highest BCUT2D eigenvalue weighted by Gasteiger charge is 2.09. The molecule has 2 aromatic rings. The van der Waals surface area contributed by atoms with Gasteiger partial charge in [-0.25, -0.2) is 0 Å². The number of amides is 1. The molecule has 0 saturated heterocycles. The van der Waals surface area contributed by atoms with Crippen LogP contribution in [0, 0.1) is 6.92 Å². The minimum Gasteiger partial charge on any atom is -0.355 e. The van der Waals surface area contributed by atoms with Gasteiger partial charge in [0.2, 0.25) is 5.91 Å². The second-order valence-electron chi connectivity index (χ2n) is 5.16. The predicted molar refractivity (Wildman–Crippen MR) is 85.8 cm³/mol. The maximum absolute atomic E-state index is 11.9. The SMILES string of the molecule is Cc1csc(=O)n1CCC(=O)NC[C@@H](C)c1ccccc1. The van der Waals surface area contributed by atoms with Crippen molar-refractivity contribution in [1.29, 1.82) is 0 Å². The minimum atomic E-state index is -0.0183. The van der Waals surface area contributed by atoms with Gasteiger partial charge in [0.25, 0.3) is 0 Å². The fraction of sp³-hybridized carbons (Fsp3) is 0.375. The van der Waals surface area contributed by atoms with E-state index in [1.807, 2.05) is 30.5 Å². The molecule has 0 aliphatic rings. The number of thiazole rings is 1. The number of hydrogen-bond donors (Lipinski definition) is 1. The van der Waals surface area contributed by atoms with Gasteiger partial charge in [-0.05, 0) is 18.4 Å². The zero-order chi connectivity index (χ0) is 15.2. The molecule has 1 aromatic carbocycles. The molecule has 112 valence electrons. The van der Waals surface area contributed by atoms with Crippen LogP contribution in [0.15, 0.2) is 40.5 Å². The Labute approximate surface area is 128 Å². The first kappa shape index (κ1) is 15.5. The Bertz CT molecular complexity index is 646. The van der Waals surface area contributed by atoms with Crippen molar-refractivity contribution in [2.45, 2.75) is 32.7 Å². The van der Waals surface area contributed by atoms with E-state index in [-0.39, 0.29) is 16.7 Å². The lowest BCUT2D eigenvalue weighted by Crippen LogP contribution is -2.29. The van der Waals surface area contributed by atoms with Crippen LogP contribution in [0.5, 0.6) is 0 Å². The van der Waals surface area contributed by atoms with E-state index in [1.165, 1.54) is 16.9 Å². The summed E-state index contributed by atoms with van der Waals surface area (Å²) in [6.07, 6.45) is 0.332. The Hall–Kier alpha value is -1.88. The van der Waals surface area contributed by atoms with Crippen molar-refractivity contribution >= 4 is 17.2 Å². The second kappa shape index (κ2) is 7.22. The van der Waals surface area contributed by atoms with Crippen molar-refractivity contribution in [1.82, 2.24) is 9.88 Å². The molecule has 1 N–H and O–H groups in total. The van der Waals surface area contributed by atoms with Gasteiger partial charge in [-0.1, -0.05) is 48.6 Å². The van der Waals surface area contributed by atoms with Gasteiger partial charge >= 0.3 is 4.87 Å². The van der Waals surface area contributed by atoms with Gasteiger partial charge in [0.1, 0.15) is 0 Å². The first-order chi connectivity index (χ1) is 10.1. The highest BCUT2D eigenvalue weighted by molar-refractivity contribution is 7.07. The number of benzene rings is 1. The van der Waals surface area contributed by atoms with Crippen LogP contribution in [0.25, 0.3) is 0 Å². The van der Waals surface area contributed by atoms with Crippen molar-refractivity contribution in [3.8, 4) is 0 Å². The summed E-state index contributed by atoms with van der Waals surface area (Å²) in [6, 6.07) is 10.1. The Morgan fingerprint density at radius 2 is 2.05 bits per heavy atom. The average molecular weight is 304 g/mol. The van der Waals surface area contributed by atoms with E-state index in [0.717, 1.165) is 5.69 Å². The third kappa shape index (κ3) is 4.29. The van der Waals surface area contributed by atoms with Gasteiger partial charge in [0.15, 0.2) is 0 Å². The molecule has 21 heavy (non-hydrogen) atoms. The average Bonchev–Trinajstić information content (AvgIpc) is 2.82. The highest BCUT2D eigenvalue weighted by Crippen LogP contribution is 2.13. The first-order valence-electron chi connectivity index (χ1n) is 7.04. The van der Waals surface area contributed by atoms with Crippen molar-refractivity contribution in [2.24, 2.45) is 0 Å². The Kier molecular flexibility index (Phi) is 5.33. The lowest BCUT2D eigenvalue weighted by Gasteiger charge is -2.13. The molecular weight excluding hydrogens is 284 g/mol. The fourth-order valence-corrected chi connectivity index (χ4v) is 2.90. The molecule has 1 amide bonds. The lowest BCUT2D eigenvalue weighted by atomic mass is 10.0. The maximum Gasteiger partial charge on any atom is 0.307 e. The predicted octanol–water partition coefficient (Wildman–Crippen LogP) is 2.53. The van der Waals surface area contributed by atoms with E-state index < -0.39 is 0 Å². The molecule has 1 aromatic heterocycles. The molecule has 0 fully saturated rings. The summed E-state index contributed by atoms with van der Waals surface area (Å²) in [5.41, 5.74) is 2.12. The van der Waals surface area contributed by atoms with Crippen molar-refractivity contribution in [3.63, 3.8) is 0 Å². The van der Waals surface area contributed by atoms with Crippen LogP contribution in [0.4, 0.5) is 0 Å². The molecule has 1 heterocycles. The van der Waals surface area contributed by atoms with Gasteiger partial charge in [-0.15, -0.1) is 0 Å². The third-order valence-corrected chi connectivity index (χ3v) is 4.39. The fourth-order valence-electron chi connectivity index (χ4n) is 2.14. The van der Waals surface area contributed by atoms with Crippen LogP contribution in [-0.2, 0) is 11.3 Å². The molecule has 0 radical (unpaired) electrons. The summed E-state index contributed by atoms with van der Waals surface area (Å²) >= 11 is 1.17. The number of rotatable bonds is 6. The molecule has 2 rings (SSSR count). The van der Waals surface area contributed by atoms with Crippen LogP contribution in [0.3, 0.4) is 0 Å². The molecular formula is C16H20N2O2S. The van der Waals surface area contributed by atoms with E-state index in [1.54, 1.807) is 4.57 Å². The lowest BCUT2D eigenvalue weighted by molar-refractivity contribution is -0.121. The van der Waals surface area contributed by atoms with E-state index in [4.69, 9.17) is 0 Å². The maximum atomic E-state index is 11.9. The summed E-state index contributed by atoms with van der Waals surface area (Å²) in [7, 11) is 0. The largest absolute Gasteiger partial charge is 0.355 e. The molecule has 5 heteroatoms. The Morgan fingerprint density at radius 1 is 1.33 bits per heavy atom. The molecule has 0 bridgehead atoms. The smallest absolute Gasteiger partial charge is 0.307 e. The van der Waals surface area contributed by atoms with Crippen molar-refractivity contribution < 1.29 is 4.79 Å². The van der Waals surface area contributed by atoms with Crippen LogP contribution in [-0.4, -0.2) is 17.0 Å². The van der Waals surface area contributed by atoms with Crippen molar-refractivity contribution in [2.75, 3.05) is 6.54 Å². The molecule has 0 saturated carbocycles. The van der Waals surface area contributed by atoms with Gasteiger partial charge in [0, 0.05) is 30.6 Å². The number of carbonyl (C=O) groups is 1. The number of hydrogen-bond acceptors (Lipinski definition) is 3. The Balaban J connectivity index is 1.79. The number of carbonyl (C=O) groups excluding carboxylic acids is 1. The standard InChI is InChI=1S/C16H20N2O2S/c1-12(14-6-4-3-5-7-14)10-17-15(19)8-9-18-13(2)11-21-16(18)20/h3-7,11-12H,8-10H2,1-2H3,(H,17,19)/t12-/m1/s1. The number of aromatic nitrogens is 1. The zero-order valence-corrected chi connectivity index (χ0v) is 13.2. The number of nitrogens with one attached hydrogen (secondary N) is 1. The summed E-state index contributed by atoms with van der Waals surface area (Å²) in [6.45, 7) is 5.02. The second-order valence-corrected chi connectivity index (χ2v) is 5.98. The van der Waals surface area contributed by atoms with Gasteiger partial charge in [-0.2, -0.15) is 0 Å². The minimum absolute atomic E-state index is 0.00189. The van der Waals surface area contributed by atoms with Crippen LogP contribution in [0.1, 0.15) is 30.5 Å².